The Kier molecular flexibility index (Phi) is 6.70. The molecule has 0 aliphatic carbocycles. The minimum Gasteiger partial charge on any atom is -0.494 e. The summed E-state index contributed by atoms with van der Waals surface area (Å²) in [6.45, 7) is 2.55. The molecular weight excluding hydrogens is 430 g/mol. The maximum absolute atomic E-state index is 12.6. The molecule has 0 saturated heterocycles. The molecule has 5 nitrogen and oxygen atoms in total. The summed E-state index contributed by atoms with van der Waals surface area (Å²) in [5, 5.41) is 10.1. The fourth-order valence-electron chi connectivity index (χ4n) is 3.08. The maximum atomic E-state index is 12.6. The Hall–Kier alpha value is -3.09. The van der Waals surface area contributed by atoms with Gasteiger partial charge in [0.15, 0.2) is 16.8 Å². The zero-order valence-electron chi connectivity index (χ0n) is 16.9. The zero-order valence-corrected chi connectivity index (χ0v) is 18.4. The van der Waals surface area contributed by atoms with E-state index in [2.05, 4.69) is 10.2 Å². The molecular formula is C24H20ClN3O2S. The van der Waals surface area contributed by atoms with Gasteiger partial charge in [0.25, 0.3) is 0 Å². The fraction of sp³-hybridized carbons (Fsp3) is 0.125. The van der Waals surface area contributed by atoms with E-state index < -0.39 is 0 Å². The lowest BCUT2D eigenvalue weighted by Gasteiger charge is -2.11. The van der Waals surface area contributed by atoms with Crippen LogP contribution in [0.4, 0.5) is 0 Å². The van der Waals surface area contributed by atoms with Crippen molar-refractivity contribution in [1.82, 2.24) is 14.8 Å². The summed E-state index contributed by atoms with van der Waals surface area (Å²) in [5.41, 5.74) is 2.44. The number of benzene rings is 3. The SMILES string of the molecule is CCOc1ccc(-n2c(SCC(=O)c3ccccc3)nnc2-c2ccc(Cl)cc2)cc1. The summed E-state index contributed by atoms with van der Waals surface area (Å²) >= 11 is 7.41. The number of hydrogen-bond acceptors (Lipinski definition) is 5. The van der Waals surface area contributed by atoms with Crippen molar-refractivity contribution in [2.24, 2.45) is 0 Å². The molecule has 156 valence electrons. The standard InChI is InChI=1S/C24H20ClN3O2S/c1-2-30-21-14-12-20(13-15-21)28-23(18-8-10-19(25)11-9-18)26-27-24(28)31-16-22(29)17-6-4-3-5-7-17/h3-15H,2,16H2,1H3. The molecule has 3 aromatic carbocycles. The van der Waals surface area contributed by atoms with Gasteiger partial charge in [0.05, 0.1) is 12.4 Å². The molecule has 0 radical (unpaired) electrons. The number of halogens is 1. The predicted molar refractivity (Wildman–Crippen MR) is 124 cm³/mol. The van der Waals surface area contributed by atoms with Gasteiger partial charge in [0.1, 0.15) is 5.75 Å². The van der Waals surface area contributed by atoms with Gasteiger partial charge in [-0.25, -0.2) is 0 Å². The van der Waals surface area contributed by atoms with Crippen molar-refractivity contribution in [3.05, 3.63) is 89.4 Å². The van der Waals surface area contributed by atoms with Crippen LogP contribution in [0.3, 0.4) is 0 Å². The van der Waals surface area contributed by atoms with E-state index in [0.29, 0.717) is 28.2 Å². The molecule has 4 rings (SSSR count). The van der Waals surface area contributed by atoms with Gasteiger partial charge in [-0.15, -0.1) is 10.2 Å². The van der Waals surface area contributed by atoms with E-state index in [1.807, 2.05) is 90.4 Å². The van der Waals surface area contributed by atoms with Crippen molar-refractivity contribution in [1.29, 1.82) is 0 Å². The molecule has 1 heterocycles. The first kappa shape index (κ1) is 21.2. The molecule has 4 aromatic rings. The lowest BCUT2D eigenvalue weighted by Crippen LogP contribution is -2.05. The number of hydrogen-bond donors (Lipinski definition) is 0. The van der Waals surface area contributed by atoms with E-state index in [0.717, 1.165) is 17.0 Å². The van der Waals surface area contributed by atoms with Crippen LogP contribution in [0.1, 0.15) is 17.3 Å². The van der Waals surface area contributed by atoms with Crippen LogP contribution in [0.2, 0.25) is 5.02 Å². The van der Waals surface area contributed by atoms with Crippen molar-refractivity contribution in [2.75, 3.05) is 12.4 Å². The molecule has 0 aliphatic heterocycles. The summed E-state index contributed by atoms with van der Waals surface area (Å²) in [6, 6.07) is 24.4. The van der Waals surface area contributed by atoms with E-state index >= 15 is 0 Å². The number of nitrogens with zero attached hydrogens (tertiary/aromatic N) is 3. The van der Waals surface area contributed by atoms with Crippen LogP contribution in [-0.2, 0) is 0 Å². The number of aromatic nitrogens is 3. The number of rotatable bonds is 8. The number of Topliss-reactive ketones (excluding diaryl/α,β-unsaturated/α-hetero) is 1. The van der Waals surface area contributed by atoms with Crippen LogP contribution in [-0.4, -0.2) is 32.9 Å². The third kappa shape index (κ3) is 4.98. The lowest BCUT2D eigenvalue weighted by atomic mass is 10.2. The molecule has 0 aliphatic rings. The van der Waals surface area contributed by atoms with Gasteiger partial charge in [-0.05, 0) is 55.5 Å². The van der Waals surface area contributed by atoms with E-state index in [9.17, 15) is 4.79 Å². The topological polar surface area (TPSA) is 57.0 Å². The number of ketones is 1. The van der Waals surface area contributed by atoms with Crippen molar-refractivity contribution < 1.29 is 9.53 Å². The zero-order chi connectivity index (χ0) is 21.6. The molecule has 7 heteroatoms. The van der Waals surface area contributed by atoms with E-state index in [4.69, 9.17) is 16.3 Å². The van der Waals surface area contributed by atoms with Crippen molar-refractivity contribution >= 4 is 29.1 Å². The second-order valence-corrected chi connectivity index (χ2v) is 8.03. The van der Waals surface area contributed by atoms with E-state index in [-0.39, 0.29) is 11.5 Å². The average Bonchev–Trinajstić information content (AvgIpc) is 3.23. The Labute approximate surface area is 190 Å². The third-order valence-electron chi connectivity index (χ3n) is 4.57. The molecule has 0 saturated carbocycles. The Balaban J connectivity index is 1.67. The van der Waals surface area contributed by atoms with E-state index in [1.165, 1.54) is 11.8 Å². The molecule has 0 bridgehead atoms. The fourth-order valence-corrected chi connectivity index (χ4v) is 4.05. The molecule has 0 amide bonds. The second-order valence-electron chi connectivity index (χ2n) is 6.65. The Bertz CT molecular complexity index is 1160. The predicted octanol–water partition coefficient (Wildman–Crippen LogP) is 5.96. The van der Waals surface area contributed by atoms with Crippen molar-refractivity contribution in [3.63, 3.8) is 0 Å². The first-order valence-corrected chi connectivity index (χ1v) is 11.2. The maximum Gasteiger partial charge on any atom is 0.196 e. The third-order valence-corrected chi connectivity index (χ3v) is 5.75. The second kappa shape index (κ2) is 9.81. The quantitative estimate of drug-likeness (QED) is 0.245. The van der Waals surface area contributed by atoms with Crippen LogP contribution < -0.4 is 4.74 Å². The van der Waals surface area contributed by atoms with Gasteiger partial charge in [-0.2, -0.15) is 0 Å². The van der Waals surface area contributed by atoms with Crippen LogP contribution in [0.25, 0.3) is 17.1 Å². The van der Waals surface area contributed by atoms with Crippen molar-refractivity contribution in [2.45, 2.75) is 12.1 Å². The van der Waals surface area contributed by atoms with Crippen molar-refractivity contribution in [3.8, 4) is 22.8 Å². The van der Waals surface area contributed by atoms with Gasteiger partial charge < -0.3 is 4.74 Å². The molecule has 1 aromatic heterocycles. The van der Waals surface area contributed by atoms with Crippen LogP contribution in [0.5, 0.6) is 5.75 Å². The number of ether oxygens (including phenoxy) is 1. The van der Waals surface area contributed by atoms with Gasteiger partial charge in [0, 0.05) is 21.8 Å². The number of carbonyl (C=O) groups is 1. The molecule has 0 fully saturated rings. The van der Waals surface area contributed by atoms with Gasteiger partial charge in [0.2, 0.25) is 0 Å². The highest BCUT2D eigenvalue weighted by Crippen LogP contribution is 2.30. The minimum absolute atomic E-state index is 0.0416. The molecule has 0 N–H and O–H groups in total. The van der Waals surface area contributed by atoms with Gasteiger partial charge >= 0.3 is 0 Å². The summed E-state index contributed by atoms with van der Waals surface area (Å²) in [5.74, 6) is 1.77. The summed E-state index contributed by atoms with van der Waals surface area (Å²) in [7, 11) is 0. The van der Waals surface area contributed by atoms with Crippen LogP contribution >= 0.6 is 23.4 Å². The monoisotopic (exact) mass is 449 g/mol. The molecule has 31 heavy (non-hydrogen) atoms. The molecule has 0 unspecified atom stereocenters. The average molecular weight is 450 g/mol. The Morgan fingerprint density at radius 1 is 0.968 bits per heavy atom. The molecule has 0 atom stereocenters. The summed E-state index contributed by atoms with van der Waals surface area (Å²) in [6.07, 6.45) is 0. The minimum atomic E-state index is 0.0416. The smallest absolute Gasteiger partial charge is 0.196 e. The largest absolute Gasteiger partial charge is 0.494 e. The summed E-state index contributed by atoms with van der Waals surface area (Å²) < 4.78 is 7.51. The lowest BCUT2D eigenvalue weighted by molar-refractivity contribution is 0.102. The number of carbonyl (C=O) groups excluding carboxylic acids is 1. The number of thioether (sulfide) groups is 1. The highest BCUT2D eigenvalue weighted by atomic mass is 35.5. The Morgan fingerprint density at radius 3 is 2.35 bits per heavy atom. The highest BCUT2D eigenvalue weighted by Gasteiger charge is 2.18. The van der Waals surface area contributed by atoms with E-state index in [1.54, 1.807) is 0 Å². The van der Waals surface area contributed by atoms with Crippen LogP contribution in [0.15, 0.2) is 84.0 Å². The highest BCUT2D eigenvalue weighted by molar-refractivity contribution is 7.99. The van der Waals surface area contributed by atoms with Gasteiger partial charge in [-0.3, -0.25) is 9.36 Å². The molecule has 0 spiro atoms. The summed E-state index contributed by atoms with van der Waals surface area (Å²) in [4.78, 5) is 12.6. The normalized spacial score (nSPS) is 10.8. The Morgan fingerprint density at radius 2 is 1.68 bits per heavy atom. The van der Waals surface area contributed by atoms with Crippen LogP contribution in [0, 0.1) is 0 Å². The first-order valence-electron chi connectivity index (χ1n) is 9.81. The first-order chi connectivity index (χ1) is 15.2. The van der Waals surface area contributed by atoms with Gasteiger partial charge in [-0.1, -0.05) is 53.7 Å².